The zero-order valence-corrected chi connectivity index (χ0v) is 13.3. The van der Waals surface area contributed by atoms with E-state index in [0.717, 1.165) is 6.07 Å². The number of amides is 1. The summed E-state index contributed by atoms with van der Waals surface area (Å²) < 4.78 is 24.3. The van der Waals surface area contributed by atoms with Gasteiger partial charge in [-0.1, -0.05) is 0 Å². The average Bonchev–Trinajstić information content (AvgIpc) is 2.53. The summed E-state index contributed by atoms with van der Waals surface area (Å²) in [5.41, 5.74) is -0.152. The molecule has 1 heterocycles. The minimum Gasteiger partial charge on any atom is -0.493 e. The maximum atomic E-state index is 14.2. The quantitative estimate of drug-likeness (QED) is 0.918. The zero-order chi connectivity index (χ0) is 17.1. The molecule has 1 aliphatic rings. The molecule has 0 aliphatic carbocycles. The van der Waals surface area contributed by atoms with Gasteiger partial charge in [-0.15, -0.1) is 0 Å². The first-order valence-electron chi connectivity index (χ1n) is 7.36. The number of hydrogen-bond acceptors (Lipinski definition) is 4. The highest BCUT2D eigenvalue weighted by atomic mass is 19.1. The predicted molar refractivity (Wildman–Crippen MR) is 80.4 cm³/mol. The number of carboxylic acids is 1. The SMILES string of the molecule is COc1cc(F)c(C(=O)N2CCC[C@H](C(=O)O)[C@@H]2C)cc1OC. The lowest BCUT2D eigenvalue weighted by Gasteiger charge is -2.37. The fourth-order valence-electron chi connectivity index (χ4n) is 2.93. The molecule has 1 aromatic carbocycles. The number of aliphatic carboxylic acids is 1. The highest BCUT2D eigenvalue weighted by molar-refractivity contribution is 5.96. The van der Waals surface area contributed by atoms with Crippen molar-refractivity contribution in [2.45, 2.75) is 25.8 Å². The number of hydrogen-bond donors (Lipinski definition) is 1. The van der Waals surface area contributed by atoms with Crippen LogP contribution in [0.1, 0.15) is 30.1 Å². The topological polar surface area (TPSA) is 76.1 Å². The van der Waals surface area contributed by atoms with Crippen molar-refractivity contribution in [2.75, 3.05) is 20.8 Å². The molecule has 0 bridgehead atoms. The normalized spacial score (nSPS) is 21.0. The van der Waals surface area contributed by atoms with Gasteiger partial charge in [-0.3, -0.25) is 9.59 Å². The molecular formula is C16H20FNO5. The summed E-state index contributed by atoms with van der Waals surface area (Å²) in [7, 11) is 2.77. The Balaban J connectivity index is 2.34. The number of ether oxygens (including phenoxy) is 2. The van der Waals surface area contributed by atoms with Crippen LogP contribution in [-0.2, 0) is 4.79 Å². The van der Waals surface area contributed by atoms with Crippen molar-refractivity contribution in [1.29, 1.82) is 0 Å². The van der Waals surface area contributed by atoms with Gasteiger partial charge in [-0.25, -0.2) is 4.39 Å². The second kappa shape index (κ2) is 6.85. The van der Waals surface area contributed by atoms with E-state index in [0.29, 0.717) is 19.4 Å². The van der Waals surface area contributed by atoms with Gasteiger partial charge < -0.3 is 19.5 Å². The van der Waals surface area contributed by atoms with Crippen LogP contribution in [0.3, 0.4) is 0 Å². The number of piperidine rings is 1. The average molecular weight is 325 g/mol. The van der Waals surface area contributed by atoms with Gasteiger partial charge in [0.2, 0.25) is 0 Å². The molecule has 0 saturated carbocycles. The number of carbonyl (C=O) groups is 2. The number of rotatable bonds is 4. The van der Waals surface area contributed by atoms with Crippen LogP contribution in [0.4, 0.5) is 4.39 Å². The third-order valence-corrected chi connectivity index (χ3v) is 4.27. The van der Waals surface area contributed by atoms with E-state index < -0.39 is 29.7 Å². The van der Waals surface area contributed by atoms with Crippen LogP contribution >= 0.6 is 0 Å². The summed E-state index contributed by atoms with van der Waals surface area (Å²) in [6, 6.07) is 1.88. The van der Waals surface area contributed by atoms with Crippen molar-refractivity contribution in [3.8, 4) is 11.5 Å². The monoisotopic (exact) mass is 325 g/mol. The molecule has 2 atom stereocenters. The van der Waals surface area contributed by atoms with E-state index >= 15 is 0 Å². The summed E-state index contributed by atoms with van der Waals surface area (Å²) in [6.07, 6.45) is 1.08. The van der Waals surface area contributed by atoms with Crippen molar-refractivity contribution in [2.24, 2.45) is 5.92 Å². The molecule has 0 radical (unpaired) electrons. The number of carbonyl (C=O) groups excluding carboxylic acids is 1. The first-order chi connectivity index (χ1) is 10.9. The smallest absolute Gasteiger partial charge is 0.308 e. The number of likely N-dealkylation sites (tertiary alicyclic amines) is 1. The Kier molecular flexibility index (Phi) is 5.08. The lowest BCUT2D eigenvalue weighted by Crippen LogP contribution is -2.49. The Labute approximate surface area is 133 Å². The van der Waals surface area contributed by atoms with Crippen LogP contribution in [0.25, 0.3) is 0 Å². The van der Waals surface area contributed by atoms with Gasteiger partial charge in [-0.2, -0.15) is 0 Å². The number of benzene rings is 1. The fraction of sp³-hybridized carbons (Fsp3) is 0.500. The van der Waals surface area contributed by atoms with Crippen LogP contribution in [0, 0.1) is 11.7 Å². The molecule has 0 unspecified atom stereocenters. The number of methoxy groups -OCH3 is 2. The second-order valence-electron chi connectivity index (χ2n) is 5.51. The summed E-state index contributed by atoms with van der Waals surface area (Å²) in [5.74, 6) is -2.41. The van der Waals surface area contributed by atoms with E-state index in [1.807, 2.05) is 0 Å². The van der Waals surface area contributed by atoms with Crippen molar-refractivity contribution < 1.29 is 28.6 Å². The van der Waals surface area contributed by atoms with Gasteiger partial charge in [0.05, 0.1) is 25.7 Å². The molecule has 6 nitrogen and oxygen atoms in total. The Morgan fingerprint density at radius 1 is 1.26 bits per heavy atom. The predicted octanol–water partition coefficient (Wildman–Crippen LogP) is 2.17. The standard InChI is InChI=1S/C16H20FNO5/c1-9-10(16(20)21)5-4-6-18(9)15(19)11-7-13(22-2)14(23-3)8-12(11)17/h7-10H,4-6H2,1-3H3,(H,20,21)/t9-,10-/m0/s1. The van der Waals surface area contributed by atoms with Gasteiger partial charge in [0.25, 0.3) is 5.91 Å². The number of carboxylic acid groups (broad SMARTS) is 1. The van der Waals surface area contributed by atoms with Gasteiger partial charge >= 0.3 is 5.97 Å². The maximum Gasteiger partial charge on any atom is 0.308 e. The summed E-state index contributed by atoms with van der Waals surface area (Å²) in [6.45, 7) is 2.08. The molecular weight excluding hydrogens is 305 g/mol. The van der Waals surface area contributed by atoms with E-state index in [1.54, 1.807) is 6.92 Å². The van der Waals surface area contributed by atoms with E-state index in [1.165, 1.54) is 25.2 Å². The van der Waals surface area contributed by atoms with Gasteiger partial charge in [0, 0.05) is 18.7 Å². The second-order valence-corrected chi connectivity index (χ2v) is 5.51. The van der Waals surface area contributed by atoms with Crippen LogP contribution in [-0.4, -0.2) is 48.7 Å². The van der Waals surface area contributed by atoms with Crippen molar-refractivity contribution in [1.82, 2.24) is 4.90 Å². The van der Waals surface area contributed by atoms with E-state index in [2.05, 4.69) is 0 Å². The van der Waals surface area contributed by atoms with Crippen molar-refractivity contribution in [3.63, 3.8) is 0 Å². The number of halogens is 1. The first kappa shape index (κ1) is 17.1. The summed E-state index contributed by atoms with van der Waals surface area (Å²) in [4.78, 5) is 25.3. The van der Waals surface area contributed by atoms with E-state index in [4.69, 9.17) is 9.47 Å². The summed E-state index contributed by atoms with van der Waals surface area (Å²) >= 11 is 0. The Morgan fingerprint density at radius 2 is 1.87 bits per heavy atom. The number of nitrogens with zero attached hydrogens (tertiary/aromatic N) is 1. The molecule has 7 heteroatoms. The Hall–Kier alpha value is -2.31. The lowest BCUT2D eigenvalue weighted by atomic mass is 9.90. The molecule has 23 heavy (non-hydrogen) atoms. The van der Waals surface area contributed by atoms with Crippen molar-refractivity contribution >= 4 is 11.9 Å². The highest BCUT2D eigenvalue weighted by Crippen LogP contribution is 2.32. The minimum absolute atomic E-state index is 0.152. The summed E-state index contributed by atoms with van der Waals surface area (Å²) in [5, 5.41) is 9.24. The Bertz CT molecular complexity index is 619. The molecule has 1 aromatic rings. The van der Waals surface area contributed by atoms with Crippen LogP contribution in [0.15, 0.2) is 12.1 Å². The zero-order valence-electron chi connectivity index (χ0n) is 13.3. The molecule has 1 saturated heterocycles. The van der Waals surface area contributed by atoms with Crippen LogP contribution in [0.5, 0.6) is 11.5 Å². The van der Waals surface area contributed by atoms with Gasteiger partial charge in [-0.05, 0) is 25.8 Å². The molecule has 0 aromatic heterocycles. The first-order valence-corrected chi connectivity index (χ1v) is 7.36. The highest BCUT2D eigenvalue weighted by Gasteiger charge is 2.36. The van der Waals surface area contributed by atoms with Crippen LogP contribution < -0.4 is 9.47 Å². The molecule has 1 N–H and O–H groups in total. The molecule has 126 valence electrons. The Morgan fingerprint density at radius 3 is 2.43 bits per heavy atom. The largest absolute Gasteiger partial charge is 0.493 e. The minimum atomic E-state index is -0.942. The fourth-order valence-corrected chi connectivity index (χ4v) is 2.93. The molecule has 2 rings (SSSR count). The lowest BCUT2D eigenvalue weighted by molar-refractivity contribution is -0.144. The third-order valence-electron chi connectivity index (χ3n) is 4.27. The van der Waals surface area contributed by atoms with Gasteiger partial charge in [0.1, 0.15) is 5.82 Å². The van der Waals surface area contributed by atoms with E-state index in [9.17, 15) is 19.1 Å². The molecule has 0 spiro atoms. The molecule has 1 aliphatic heterocycles. The van der Waals surface area contributed by atoms with Gasteiger partial charge in [0.15, 0.2) is 11.5 Å². The van der Waals surface area contributed by atoms with Crippen LogP contribution in [0.2, 0.25) is 0 Å². The third kappa shape index (κ3) is 3.23. The maximum absolute atomic E-state index is 14.2. The molecule has 1 fully saturated rings. The van der Waals surface area contributed by atoms with E-state index in [-0.39, 0.29) is 17.1 Å². The molecule has 1 amide bonds. The van der Waals surface area contributed by atoms with Crippen molar-refractivity contribution in [3.05, 3.63) is 23.5 Å².